The van der Waals surface area contributed by atoms with Crippen molar-refractivity contribution in [3.8, 4) is 16.9 Å². The third-order valence-corrected chi connectivity index (χ3v) is 7.09. The van der Waals surface area contributed by atoms with E-state index in [0.29, 0.717) is 23.4 Å². The molecule has 232 valence electrons. The number of halogens is 3. The van der Waals surface area contributed by atoms with Gasteiger partial charge < -0.3 is 19.7 Å². The van der Waals surface area contributed by atoms with E-state index in [2.05, 4.69) is 20.6 Å². The van der Waals surface area contributed by atoms with Crippen LogP contribution in [0.4, 0.5) is 18.9 Å². The zero-order valence-electron chi connectivity index (χ0n) is 24.4. The van der Waals surface area contributed by atoms with Crippen LogP contribution in [0.25, 0.3) is 11.1 Å². The van der Waals surface area contributed by atoms with E-state index in [1.165, 1.54) is 11.3 Å². The zero-order chi connectivity index (χ0) is 31.7. The lowest BCUT2D eigenvalue weighted by molar-refractivity contribution is -0.216. The van der Waals surface area contributed by atoms with Gasteiger partial charge in [0, 0.05) is 36.8 Å². The Morgan fingerprint density at radius 2 is 1.75 bits per heavy atom. The van der Waals surface area contributed by atoms with Crippen molar-refractivity contribution in [3.63, 3.8) is 0 Å². The van der Waals surface area contributed by atoms with Crippen LogP contribution in [0.5, 0.6) is 5.75 Å². The molecule has 2 N–H and O–H groups in total. The van der Waals surface area contributed by atoms with Crippen molar-refractivity contribution in [2.45, 2.75) is 31.8 Å². The molecule has 0 saturated heterocycles. The Labute approximate surface area is 257 Å². The van der Waals surface area contributed by atoms with Crippen molar-refractivity contribution in [1.29, 1.82) is 0 Å². The van der Waals surface area contributed by atoms with Gasteiger partial charge >= 0.3 is 12.1 Å². The quantitative estimate of drug-likeness (QED) is 0.154. The summed E-state index contributed by atoms with van der Waals surface area (Å²) in [6, 6.07) is 17.1. The van der Waals surface area contributed by atoms with Gasteiger partial charge in [-0.25, -0.2) is 9.78 Å². The molecule has 0 spiro atoms. The second-order valence-corrected chi connectivity index (χ2v) is 10.9. The number of alkyl halides is 3. The average Bonchev–Trinajstić information content (AvgIpc) is 3.50. The summed E-state index contributed by atoms with van der Waals surface area (Å²) >= 11 is 1.27. The number of thiazole rings is 1. The van der Waals surface area contributed by atoms with Crippen molar-refractivity contribution >= 4 is 28.9 Å². The summed E-state index contributed by atoms with van der Waals surface area (Å²) in [4.78, 5) is 36.8. The van der Waals surface area contributed by atoms with Crippen LogP contribution in [0.1, 0.15) is 17.0 Å². The van der Waals surface area contributed by atoms with Gasteiger partial charge in [0.15, 0.2) is 0 Å². The first-order valence-electron chi connectivity index (χ1n) is 13.6. The first-order chi connectivity index (χ1) is 20.9. The number of nitrogens with one attached hydrogen (secondary N) is 2. The molecule has 0 radical (unpaired) electrons. The minimum Gasteiger partial charge on any atom is -0.490 e. The lowest BCUT2D eigenvalue weighted by Gasteiger charge is -2.33. The third-order valence-electron chi connectivity index (χ3n) is 6.45. The fourth-order valence-corrected chi connectivity index (χ4v) is 4.78. The molecule has 0 aliphatic carbocycles. The van der Waals surface area contributed by atoms with E-state index >= 15 is 0 Å². The Bertz CT molecular complexity index is 1550. The van der Waals surface area contributed by atoms with Crippen LogP contribution in [0.2, 0.25) is 0 Å². The van der Waals surface area contributed by atoms with Gasteiger partial charge in [0.05, 0.1) is 16.9 Å². The highest BCUT2D eigenvalue weighted by Crippen LogP contribution is 2.33. The molecule has 0 fully saturated rings. The number of likely N-dealkylation sites (N-methyl/N-ethyl adjacent to an activating group) is 1. The number of pyridine rings is 1. The normalized spacial score (nSPS) is 12.9. The van der Waals surface area contributed by atoms with E-state index in [-0.39, 0.29) is 24.6 Å². The first-order valence-corrected chi connectivity index (χ1v) is 14.5. The van der Waals surface area contributed by atoms with Crippen molar-refractivity contribution in [2.75, 3.05) is 32.6 Å². The average molecular weight is 628 g/mol. The molecule has 0 aliphatic heterocycles. The second-order valence-electron chi connectivity index (χ2n) is 10.2. The molecule has 1 amide bonds. The van der Waals surface area contributed by atoms with E-state index < -0.39 is 30.2 Å². The topological polar surface area (TPSA) is 106 Å². The minimum absolute atomic E-state index is 0.155. The van der Waals surface area contributed by atoms with Gasteiger partial charge in [0.1, 0.15) is 12.4 Å². The summed E-state index contributed by atoms with van der Waals surface area (Å²) in [5, 5.41) is 7.14. The minimum atomic E-state index is -5.36. The number of aryl methyl sites for hydroxylation is 1. The number of rotatable bonds is 13. The lowest BCUT2D eigenvalue weighted by atomic mass is 10.00. The van der Waals surface area contributed by atoms with Crippen LogP contribution in [0.15, 0.2) is 77.8 Å². The maximum absolute atomic E-state index is 14.2. The van der Waals surface area contributed by atoms with Crippen LogP contribution in [-0.2, 0) is 27.3 Å². The summed E-state index contributed by atoms with van der Waals surface area (Å²) in [6.45, 7) is 2.52. The molecule has 2 heterocycles. The number of carbonyl (C=O) groups is 2. The summed E-state index contributed by atoms with van der Waals surface area (Å²) in [6.07, 6.45) is -4.12. The third kappa shape index (κ3) is 8.85. The molecular formula is C31H32F3N5O4S. The Kier molecular flexibility index (Phi) is 10.7. The summed E-state index contributed by atoms with van der Waals surface area (Å²) in [5.74, 6) is -3.27. The molecule has 4 rings (SSSR count). The van der Waals surface area contributed by atoms with Crippen LogP contribution < -0.4 is 15.4 Å². The molecule has 1 atom stereocenters. The van der Waals surface area contributed by atoms with E-state index in [4.69, 9.17) is 9.47 Å². The molecule has 44 heavy (non-hydrogen) atoms. The van der Waals surface area contributed by atoms with Crippen molar-refractivity contribution in [1.82, 2.24) is 20.2 Å². The molecule has 9 nitrogen and oxygen atoms in total. The number of esters is 1. The van der Waals surface area contributed by atoms with Gasteiger partial charge in [-0.1, -0.05) is 36.4 Å². The number of benzene rings is 2. The number of amides is 1. The maximum atomic E-state index is 14.2. The first kappa shape index (κ1) is 32.6. The van der Waals surface area contributed by atoms with Crippen LogP contribution in [0, 0.1) is 6.92 Å². The molecule has 4 aromatic rings. The fourth-order valence-electron chi connectivity index (χ4n) is 4.22. The van der Waals surface area contributed by atoms with Crippen LogP contribution >= 0.6 is 11.3 Å². The zero-order valence-corrected chi connectivity index (χ0v) is 25.2. The van der Waals surface area contributed by atoms with E-state index in [1.807, 2.05) is 32.0 Å². The van der Waals surface area contributed by atoms with Gasteiger partial charge in [-0.15, -0.1) is 11.3 Å². The highest BCUT2D eigenvalue weighted by molar-refractivity contribution is 7.07. The van der Waals surface area contributed by atoms with Crippen molar-refractivity contribution in [3.05, 3.63) is 94.7 Å². The van der Waals surface area contributed by atoms with Gasteiger partial charge in [-0.05, 0) is 62.0 Å². The monoisotopic (exact) mass is 627 g/mol. The molecule has 0 aliphatic rings. The molecule has 2 aromatic heterocycles. The molecule has 2 aromatic carbocycles. The van der Waals surface area contributed by atoms with Gasteiger partial charge in [-0.3, -0.25) is 15.1 Å². The molecule has 0 bridgehead atoms. The van der Waals surface area contributed by atoms with E-state index in [0.717, 1.165) is 11.3 Å². The summed E-state index contributed by atoms with van der Waals surface area (Å²) in [5.41, 5.74) is 2.40. The smallest absolute Gasteiger partial charge is 0.490 e. The van der Waals surface area contributed by atoms with E-state index in [9.17, 15) is 22.8 Å². The second kappa shape index (κ2) is 14.4. The van der Waals surface area contributed by atoms with E-state index in [1.54, 1.807) is 71.7 Å². The van der Waals surface area contributed by atoms with Crippen LogP contribution in [-0.4, -0.2) is 65.9 Å². The molecular weight excluding hydrogens is 595 g/mol. The highest BCUT2D eigenvalue weighted by Gasteiger charge is 2.50. The lowest BCUT2D eigenvalue weighted by Crippen LogP contribution is -2.60. The van der Waals surface area contributed by atoms with Crippen molar-refractivity contribution < 1.29 is 32.2 Å². The van der Waals surface area contributed by atoms with Crippen LogP contribution in [0.3, 0.4) is 0 Å². The Morgan fingerprint density at radius 1 is 1.00 bits per heavy atom. The number of ether oxygens (including phenoxy) is 2. The Hall–Kier alpha value is -4.33. The number of nitrogens with zero attached hydrogens (tertiary/aromatic N) is 3. The Morgan fingerprint density at radius 3 is 2.41 bits per heavy atom. The molecule has 1 unspecified atom stereocenters. The maximum Gasteiger partial charge on any atom is 0.491 e. The summed E-state index contributed by atoms with van der Waals surface area (Å²) < 4.78 is 51.8. The summed E-state index contributed by atoms with van der Waals surface area (Å²) in [7, 11) is 3.75. The number of hydrogen-bond donors (Lipinski definition) is 2. The van der Waals surface area contributed by atoms with Crippen molar-refractivity contribution in [2.24, 2.45) is 0 Å². The van der Waals surface area contributed by atoms with Gasteiger partial charge in [0.2, 0.25) is 5.72 Å². The number of carbonyl (C=O) groups excluding carboxylic acids is 2. The highest BCUT2D eigenvalue weighted by atomic mass is 32.1. The SMILES string of the molecule is Cc1cc(-c2ccc(OCCN(C)C)c(NC(=O)C(Cc3ccccc3)(NCc3cscn3)OC(=O)C(F)(F)F)c2)ccn1. The fraction of sp³-hybridized carbons (Fsp3) is 0.290. The molecule has 0 saturated carbocycles. The molecule has 13 heteroatoms. The number of hydrogen-bond acceptors (Lipinski definition) is 9. The predicted octanol–water partition coefficient (Wildman–Crippen LogP) is 5.23. The number of aromatic nitrogens is 2. The number of anilines is 1. The largest absolute Gasteiger partial charge is 0.491 e. The van der Waals surface area contributed by atoms with Gasteiger partial charge in [0.25, 0.3) is 5.91 Å². The predicted molar refractivity (Wildman–Crippen MR) is 161 cm³/mol. The standard InChI is InChI=1S/C31H32F3N5O4S/c1-21-15-24(11-12-35-21)23-9-10-27(42-14-13-39(2)3)26(16-23)38-28(40)30(43-29(41)31(32,33)34,17-22-7-5-4-6-8-22)37-18-25-19-44-20-36-25/h4-12,15-16,19-20,37H,13-14,17-18H2,1-3H3,(H,38,40). The Balaban J connectivity index is 1.77. The van der Waals surface area contributed by atoms with Gasteiger partial charge in [-0.2, -0.15) is 13.2 Å².